The molecule has 0 N–H and O–H groups in total. The van der Waals surface area contributed by atoms with E-state index in [1.807, 2.05) is 0 Å². The van der Waals surface area contributed by atoms with Gasteiger partial charge in [-0.3, -0.25) is 0 Å². The second-order valence-corrected chi connectivity index (χ2v) is 7.01. The van der Waals surface area contributed by atoms with Gasteiger partial charge in [0.25, 0.3) is 5.92 Å². The maximum atomic E-state index is 13.1. The molecule has 1 saturated heterocycles. The zero-order chi connectivity index (χ0) is 12.3. The summed E-state index contributed by atoms with van der Waals surface area (Å²) in [6.45, 7) is 6.92. The molecule has 2 atom stereocenters. The number of rotatable bonds is 5. The summed E-state index contributed by atoms with van der Waals surface area (Å²) in [4.78, 5) is 2.31. The Morgan fingerprint density at radius 3 is 2.24 bits per heavy atom. The zero-order valence-electron chi connectivity index (χ0n) is 10.9. The van der Waals surface area contributed by atoms with Crippen LogP contribution < -0.4 is 0 Å². The molecule has 0 spiro atoms. The number of likely N-dealkylation sites (tertiary alicyclic amines) is 1. The average Bonchev–Trinajstić information content (AvgIpc) is 3.00. The Balaban J connectivity index is 1.46. The van der Waals surface area contributed by atoms with Crippen LogP contribution in [0.5, 0.6) is 0 Å². The highest BCUT2D eigenvalue weighted by molar-refractivity contribution is 5.13. The van der Waals surface area contributed by atoms with E-state index in [4.69, 9.17) is 0 Å². The van der Waals surface area contributed by atoms with Crippen LogP contribution in [0.3, 0.4) is 0 Å². The van der Waals surface area contributed by atoms with Gasteiger partial charge < -0.3 is 4.90 Å². The molecule has 1 nitrogen and oxygen atoms in total. The molecule has 2 saturated carbocycles. The van der Waals surface area contributed by atoms with Crippen molar-refractivity contribution >= 4 is 0 Å². The first-order valence-corrected chi connectivity index (χ1v) is 7.03. The molecule has 0 aromatic heterocycles. The SMILES string of the molecule is CC(C)CCC1(CN2CC3C(C2)C3(F)F)CC1. The molecule has 17 heavy (non-hydrogen) atoms. The maximum absolute atomic E-state index is 13.1. The van der Waals surface area contributed by atoms with Gasteiger partial charge in [-0.2, -0.15) is 0 Å². The molecular weight excluding hydrogens is 220 g/mol. The van der Waals surface area contributed by atoms with E-state index in [-0.39, 0.29) is 11.8 Å². The molecule has 2 aliphatic carbocycles. The first-order valence-electron chi connectivity index (χ1n) is 7.03. The van der Waals surface area contributed by atoms with Crippen molar-refractivity contribution in [3.05, 3.63) is 0 Å². The predicted molar refractivity (Wildman–Crippen MR) is 64.1 cm³/mol. The van der Waals surface area contributed by atoms with Crippen LogP contribution >= 0.6 is 0 Å². The molecule has 3 fully saturated rings. The molecule has 98 valence electrons. The third-order valence-corrected chi connectivity index (χ3v) is 5.04. The van der Waals surface area contributed by atoms with Gasteiger partial charge in [-0.05, 0) is 30.6 Å². The van der Waals surface area contributed by atoms with Crippen LogP contribution in [0.2, 0.25) is 0 Å². The van der Waals surface area contributed by atoms with E-state index >= 15 is 0 Å². The first-order chi connectivity index (χ1) is 7.93. The van der Waals surface area contributed by atoms with Crippen molar-refractivity contribution < 1.29 is 8.78 Å². The van der Waals surface area contributed by atoms with E-state index < -0.39 is 5.92 Å². The van der Waals surface area contributed by atoms with Gasteiger partial charge in [0, 0.05) is 31.5 Å². The quantitative estimate of drug-likeness (QED) is 0.715. The van der Waals surface area contributed by atoms with E-state index in [1.54, 1.807) is 0 Å². The lowest BCUT2D eigenvalue weighted by atomic mass is 9.94. The number of nitrogens with zero attached hydrogens (tertiary/aromatic N) is 1. The van der Waals surface area contributed by atoms with Gasteiger partial charge in [0.05, 0.1) is 0 Å². The zero-order valence-corrected chi connectivity index (χ0v) is 10.9. The lowest BCUT2D eigenvalue weighted by Crippen LogP contribution is -2.33. The Bertz CT molecular complexity index is 295. The van der Waals surface area contributed by atoms with Crippen LogP contribution in [0.1, 0.15) is 39.5 Å². The molecule has 3 rings (SSSR count). The fraction of sp³-hybridized carbons (Fsp3) is 1.00. The predicted octanol–water partition coefficient (Wildman–Crippen LogP) is 3.40. The van der Waals surface area contributed by atoms with Gasteiger partial charge >= 0.3 is 0 Å². The maximum Gasteiger partial charge on any atom is 0.257 e. The van der Waals surface area contributed by atoms with Gasteiger partial charge in [0.2, 0.25) is 0 Å². The molecule has 2 unspecified atom stereocenters. The van der Waals surface area contributed by atoms with Crippen molar-refractivity contribution in [3.8, 4) is 0 Å². The molecule has 0 radical (unpaired) electrons. The van der Waals surface area contributed by atoms with Gasteiger partial charge in [0.15, 0.2) is 0 Å². The van der Waals surface area contributed by atoms with Crippen LogP contribution in [0.15, 0.2) is 0 Å². The summed E-state index contributed by atoms with van der Waals surface area (Å²) in [5.74, 6) is -2.15. The Hall–Kier alpha value is -0.180. The Labute approximate surface area is 103 Å². The molecule has 0 bridgehead atoms. The van der Waals surface area contributed by atoms with Crippen LogP contribution in [0.25, 0.3) is 0 Å². The summed E-state index contributed by atoms with van der Waals surface area (Å²) >= 11 is 0. The van der Waals surface area contributed by atoms with E-state index in [9.17, 15) is 8.78 Å². The fourth-order valence-corrected chi connectivity index (χ4v) is 3.45. The third-order valence-electron chi connectivity index (χ3n) is 5.04. The molecule has 3 heteroatoms. The number of hydrogen-bond donors (Lipinski definition) is 0. The van der Waals surface area contributed by atoms with Crippen molar-refractivity contribution in [1.29, 1.82) is 0 Å². The Morgan fingerprint density at radius 2 is 1.76 bits per heavy atom. The summed E-state index contributed by atoms with van der Waals surface area (Å²) < 4.78 is 26.2. The topological polar surface area (TPSA) is 3.24 Å². The van der Waals surface area contributed by atoms with Crippen LogP contribution in [0.4, 0.5) is 8.78 Å². The molecular formula is C14H23F2N. The largest absolute Gasteiger partial charge is 0.302 e. The minimum absolute atomic E-state index is 0.302. The number of halogens is 2. The summed E-state index contributed by atoms with van der Waals surface area (Å²) in [5.41, 5.74) is 0.510. The number of hydrogen-bond acceptors (Lipinski definition) is 1. The van der Waals surface area contributed by atoms with Gasteiger partial charge in [-0.1, -0.05) is 20.3 Å². The van der Waals surface area contributed by atoms with E-state index in [0.717, 1.165) is 12.5 Å². The highest BCUT2D eigenvalue weighted by Crippen LogP contribution is 2.60. The number of alkyl halides is 2. The molecule has 0 aromatic carbocycles. The summed E-state index contributed by atoms with van der Waals surface area (Å²) in [6.07, 6.45) is 5.23. The van der Waals surface area contributed by atoms with Crippen molar-refractivity contribution in [1.82, 2.24) is 4.90 Å². The standard InChI is InChI=1S/C14H23F2N/c1-10(2)3-4-13(5-6-13)9-17-7-11-12(8-17)14(11,15)16/h10-12H,3-9H2,1-2H3. The summed E-state index contributed by atoms with van der Waals surface area (Å²) in [7, 11) is 0. The second kappa shape index (κ2) is 3.66. The van der Waals surface area contributed by atoms with E-state index in [1.165, 1.54) is 25.7 Å². The van der Waals surface area contributed by atoms with Crippen molar-refractivity contribution in [3.63, 3.8) is 0 Å². The van der Waals surface area contributed by atoms with Gasteiger partial charge in [-0.25, -0.2) is 8.78 Å². The Kier molecular flexibility index (Phi) is 2.56. The average molecular weight is 243 g/mol. The molecule has 1 heterocycles. The third kappa shape index (κ3) is 2.11. The molecule has 0 aromatic rings. The van der Waals surface area contributed by atoms with Crippen molar-refractivity contribution in [2.75, 3.05) is 19.6 Å². The lowest BCUT2D eigenvalue weighted by Gasteiger charge is -2.26. The summed E-state index contributed by atoms with van der Waals surface area (Å²) in [6, 6.07) is 0. The minimum Gasteiger partial charge on any atom is -0.302 e. The fourth-order valence-electron chi connectivity index (χ4n) is 3.45. The van der Waals surface area contributed by atoms with Crippen LogP contribution in [-0.4, -0.2) is 30.5 Å². The smallest absolute Gasteiger partial charge is 0.257 e. The normalized spacial score (nSPS) is 37.2. The van der Waals surface area contributed by atoms with Gasteiger partial charge in [0.1, 0.15) is 0 Å². The molecule has 1 aliphatic heterocycles. The first kappa shape index (κ1) is 11.9. The number of fused-ring (bicyclic) bond motifs is 1. The monoisotopic (exact) mass is 243 g/mol. The van der Waals surface area contributed by atoms with E-state index in [0.29, 0.717) is 18.5 Å². The van der Waals surface area contributed by atoms with Crippen molar-refractivity contribution in [2.24, 2.45) is 23.2 Å². The summed E-state index contributed by atoms with van der Waals surface area (Å²) in [5, 5.41) is 0. The second-order valence-electron chi connectivity index (χ2n) is 7.01. The number of piperidine rings is 1. The Morgan fingerprint density at radius 1 is 1.18 bits per heavy atom. The highest BCUT2D eigenvalue weighted by atomic mass is 19.3. The molecule has 0 amide bonds. The van der Waals surface area contributed by atoms with Crippen molar-refractivity contribution in [2.45, 2.75) is 45.5 Å². The van der Waals surface area contributed by atoms with E-state index in [2.05, 4.69) is 18.7 Å². The lowest BCUT2D eigenvalue weighted by molar-refractivity contribution is 0.0484. The van der Waals surface area contributed by atoms with Crippen LogP contribution in [0, 0.1) is 23.2 Å². The minimum atomic E-state index is -2.31. The van der Waals surface area contributed by atoms with Crippen LogP contribution in [-0.2, 0) is 0 Å². The molecule has 3 aliphatic rings. The highest BCUT2D eigenvalue weighted by Gasteiger charge is 2.71. The van der Waals surface area contributed by atoms with Gasteiger partial charge in [-0.15, -0.1) is 0 Å².